The summed E-state index contributed by atoms with van der Waals surface area (Å²) in [4.78, 5) is 4.78. The molecule has 8 aromatic carbocycles. The van der Waals surface area contributed by atoms with Crippen LogP contribution in [-0.2, 0) is 0 Å². The second-order valence-electron chi connectivity index (χ2n) is 17.2. The first-order valence-electron chi connectivity index (χ1n) is 22.9. The highest BCUT2D eigenvalue weighted by molar-refractivity contribution is 6.28. The molecule has 8 aromatic rings. The predicted molar refractivity (Wildman–Crippen MR) is 284 cm³/mol. The number of ether oxygens (including phenoxy) is 2. The van der Waals surface area contributed by atoms with Crippen LogP contribution < -0.4 is 19.3 Å². The van der Waals surface area contributed by atoms with Gasteiger partial charge in [-0.1, -0.05) is 140 Å². The van der Waals surface area contributed by atoms with Gasteiger partial charge in [-0.3, -0.25) is 0 Å². The van der Waals surface area contributed by atoms with Crippen LogP contribution in [0.5, 0.6) is 11.5 Å². The van der Waals surface area contributed by atoms with Crippen molar-refractivity contribution in [2.45, 2.75) is 69.2 Å². The zero-order valence-corrected chi connectivity index (χ0v) is 40.1. The van der Waals surface area contributed by atoms with Gasteiger partial charge in [-0.2, -0.15) is 0 Å². The van der Waals surface area contributed by atoms with Crippen LogP contribution in [0.2, 0.25) is 0 Å². The van der Waals surface area contributed by atoms with Gasteiger partial charge in [0.1, 0.15) is 11.5 Å². The Kier molecular flexibility index (Phi) is 13.1. The van der Waals surface area contributed by atoms with Gasteiger partial charge >= 0.3 is 0 Å². The maximum atomic E-state index is 7.06. The van der Waals surface area contributed by atoms with Crippen molar-refractivity contribution < 1.29 is 9.47 Å². The zero-order chi connectivity index (χ0) is 46.6. The number of rotatable bonds is 14. The monoisotopic (exact) mass is 864 g/mol. The van der Waals surface area contributed by atoms with E-state index >= 15 is 0 Å². The summed E-state index contributed by atoms with van der Waals surface area (Å²) in [7, 11) is 0. The minimum Gasteiger partial charge on any atom is -0.459 e. The van der Waals surface area contributed by atoms with E-state index in [2.05, 4.69) is 217 Å². The van der Waals surface area contributed by atoms with Crippen LogP contribution in [0.1, 0.15) is 63.8 Å². The van der Waals surface area contributed by atoms with E-state index in [1.54, 1.807) is 0 Å². The van der Waals surface area contributed by atoms with E-state index in [9.17, 15) is 0 Å². The van der Waals surface area contributed by atoms with Crippen molar-refractivity contribution in [3.8, 4) is 11.5 Å². The number of nitrogens with zero attached hydrogens (tertiary/aromatic N) is 2. The molecular formula is C62H60N2O2. The minimum absolute atomic E-state index is 0.797. The van der Waals surface area contributed by atoms with Gasteiger partial charge in [0.15, 0.2) is 11.5 Å². The third-order valence-electron chi connectivity index (χ3n) is 12.8. The third-order valence-corrected chi connectivity index (χ3v) is 12.8. The van der Waals surface area contributed by atoms with Crippen molar-refractivity contribution in [2.24, 2.45) is 0 Å². The van der Waals surface area contributed by atoms with Gasteiger partial charge in [0.05, 0.1) is 22.7 Å². The first-order chi connectivity index (χ1) is 32.0. The zero-order valence-electron chi connectivity index (χ0n) is 40.1. The van der Waals surface area contributed by atoms with Gasteiger partial charge in [0.25, 0.3) is 0 Å². The summed E-state index contributed by atoms with van der Waals surface area (Å²) in [6.07, 6.45) is 12.2. The molecule has 0 atom stereocenters. The molecule has 0 aliphatic rings. The number of hydrogen-bond donors (Lipinski definition) is 0. The standard InChI is InChI=1S/C62H60N2O2/c1-12-15-16-23-42(6)47(11)65-61-45(9)26-21-30-56(61)63(52-28-19-17-24-43(52)7)54-38-34-48-33-37-51-55(39-35-49-32-36-50(54)58(48)59(49)51)64(53-29-20-18-25-44(53)8)57-31-22-27-46(10)62(57)66-60(40(4)13-2)41(5)14-3/h12-39H,2H2,1,3-11H3/b15-12+,23-16-,41-14-,47-42+,60-40+. The van der Waals surface area contributed by atoms with Crippen LogP contribution in [0.4, 0.5) is 34.1 Å². The lowest BCUT2D eigenvalue weighted by molar-refractivity contribution is 0.421. The Morgan fingerprint density at radius 3 is 1.39 bits per heavy atom. The van der Waals surface area contributed by atoms with E-state index in [1.165, 1.54) is 21.5 Å². The molecule has 0 radical (unpaired) electrons. The summed E-state index contributed by atoms with van der Waals surface area (Å²) < 4.78 is 14.0. The maximum Gasteiger partial charge on any atom is 0.154 e. The molecule has 0 amide bonds. The number of benzene rings is 8. The molecule has 0 fully saturated rings. The van der Waals surface area contributed by atoms with E-state index < -0.39 is 0 Å². The molecule has 66 heavy (non-hydrogen) atoms. The Morgan fingerprint density at radius 1 is 0.470 bits per heavy atom. The fraction of sp³-hybridized carbons (Fsp3) is 0.161. The summed E-state index contributed by atoms with van der Waals surface area (Å²) in [5, 5.41) is 7.06. The summed E-state index contributed by atoms with van der Waals surface area (Å²) in [6, 6.07) is 48.3. The van der Waals surface area contributed by atoms with E-state index in [0.29, 0.717) is 0 Å². The predicted octanol–water partition coefficient (Wildman–Crippen LogP) is 18.4. The number of aryl methyl sites for hydroxylation is 4. The molecule has 8 rings (SSSR count). The summed E-state index contributed by atoms with van der Waals surface area (Å²) >= 11 is 0. The smallest absolute Gasteiger partial charge is 0.154 e. The van der Waals surface area contributed by atoms with Crippen LogP contribution in [0.3, 0.4) is 0 Å². The summed E-state index contributed by atoms with van der Waals surface area (Å²) in [5.41, 5.74) is 13.7. The molecular weight excluding hydrogens is 805 g/mol. The largest absolute Gasteiger partial charge is 0.459 e. The van der Waals surface area contributed by atoms with Crippen molar-refractivity contribution in [1.29, 1.82) is 0 Å². The molecule has 4 nitrogen and oxygen atoms in total. The summed E-state index contributed by atoms with van der Waals surface area (Å²) in [6.45, 7) is 25.1. The highest BCUT2D eigenvalue weighted by atomic mass is 16.5. The topological polar surface area (TPSA) is 24.9 Å². The van der Waals surface area contributed by atoms with E-state index in [-0.39, 0.29) is 0 Å². The lowest BCUT2D eigenvalue weighted by Gasteiger charge is -2.32. The second-order valence-corrected chi connectivity index (χ2v) is 17.2. The van der Waals surface area contributed by atoms with Crippen molar-refractivity contribution in [1.82, 2.24) is 0 Å². The van der Waals surface area contributed by atoms with Gasteiger partial charge < -0.3 is 19.3 Å². The maximum absolute atomic E-state index is 7.06. The lowest BCUT2D eigenvalue weighted by atomic mass is 9.91. The van der Waals surface area contributed by atoms with Crippen LogP contribution in [-0.4, -0.2) is 0 Å². The molecule has 0 saturated heterocycles. The molecule has 0 bridgehead atoms. The minimum atomic E-state index is 0.797. The molecule has 0 N–H and O–H groups in total. The Morgan fingerprint density at radius 2 is 0.924 bits per heavy atom. The van der Waals surface area contributed by atoms with Gasteiger partial charge in [-0.25, -0.2) is 0 Å². The van der Waals surface area contributed by atoms with Crippen LogP contribution in [0, 0.1) is 27.7 Å². The summed E-state index contributed by atoms with van der Waals surface area (Å²) in [5.74, 6) is 3.27. The normalized spacial score (nSPS) is 12.9. The Labute approximate surface area is 391 Å². The van der Waals surface area contributed by atoms with Gasteiger partial charge in [-0.15, -0.1) is 0 Å². The lowest BCUT2D eigenvalue weighted by Crippen LogP contribution is -2.15. The fourth-order valence-electron chi connectivity index (χ4n) is 8.92. The molecule has 0 heterocycles. The molecule has 0 aromatic heterocycles. The molecule has 0 saturated carbocycles. The molecule has 0 spiro atoms. The van der Waals surface area contributed by atoms with E-state index in [1.807, 2.05) is 39.0 Å². The fourth-order valence-corrected chi connectivity index (χ4v) is 8.92. The van der Waals surface area contributed by atoms with Gasteiger partial charge in [-0.05, 0) is 166 Å². The average Bonchev–Trinajstić information content (AvgIpc) is 3.33. The van der Waals surface area contributed by atoms with Gasteiger partial charge in [0.2, 0.25) is 0 Å². The van der Waals surface area contributed by atoms with E-state index in [4.69, 9.17) is 9.47 Å². The van der Waals surface area contributed by atoms with Crippen LogP contribution >= 0.6 is 0 Å². The highest BCUT2D eigenvalue weighted by Gasteiger charge is 2.27. The van der Waals surface area contributed by atoms with Gasteiger partial charge in [0, 0.05) is 22.1 Å². The van der Waals surface area contributed by atoms with Crippen molar-refractivity contribution >= 4 is 66.4 Å². The third kappa shape index (κ3) is 8.43. The molecule has 0 unspecified atom stereocenters. The van der Waals surface area contributed by atoms with Crippen molar-refractivity contribution in [2.75, 3.05) is 9.80 Å². The first kappa shape index (κ1) is 45.0. The average molecular weight is 865 g/mol. The second kappa shape index (κ2) is 19.3. The molecule has 0 aliphatic carbocycles. The Balaban J connectivity index is 1.40. The molecule has 4 heteroatoms. The van der Waals surface area contributed by atoms with Crippen molar-refractivity contribution in [3.63, 3.8) is 0 Å². The van der Waals surface area contributed by atoms with Crippen molar-refractivity contribution in [3.05, 3.63) is 227 Å². The number of allylic oxidation sites excluding steroid dienone is 10. The Bertz CT molecular complexity index is 3280. The molecule has 0 aliphatic heterocycles. The SMILES string of the molecule is C=C/C(C)=C(Oc1c(C)cccc1N(c1ccccc1C)c1ccc2ccc3c(N(c4ccccc4C)c4cccc(C)c4O/C(C)=C(C)/C=C\C=C\C)ccc4ccc1c2c43)\C(C)=C/C. The quantitative estimate of drug-likeness (QED) is 0.0618. The Hall–Kier alpha value is -7.56. The first-order valence-corrected chi connectivity index (χ1v) is 22.9. The van der Waals surface area contributed by atoms with Crippen LogP contribution in [0.25, 0.3) is 32.3 Å². The number of para-hydroxylation sites is 4. The molecule has 330 valence electrons. The number of anilines is 6. The number of hydrogen-bond acceptors (Lipinski definition) is 4. The van der Waals surface area contributed by atoms with E-state index in [0.717, 1.165) is 107 Å². The van der Waals surface area contributed by atoms with Crippen LogP contribution in [0.15, 0.2) is 205 Å². The highest BCUT2D eigenvalue weighted by Crippen LogP contribution is 2.51.